The Labute approximate surface area is 118 Å². The summed E-state index contributed by atoms with van der Waals surface area (Å²) in [6, 6.07) is 4.94. The zero-order chi connectivity index (χ0) is 14.9. The number of hydrogen-bond acceptors (Lipinski definition) is 5. The van der Waals surface area contributed by atoms with E-state index in [-0.39, 0.29) is 22.8 Å². The Morgan fingerprint density at radius 3 is 2.65 bits per heavy atom. The molecule has 0 saturated carbocycles. The number of nitrogens with zero attached hydrogens (tertiary/aromatic N) is 3. The van der Waals surface area contributed by atoms with Crippen molar-refractivity contribution in [2.24, 2.45) is 0 Å². The van der Waals surface area contributed by atoms with Crippen LogP contribution < -0.4 is 4.90 Å². The highest BCUT2D eigenvalue weighted by atomic mass is 16.6. The van der Waals surface area contributed by atoms with E-state index < -0.39 is 0 Å². The van der Waals surface area contributed by atoms with Gasteiger partial charge in [0.05, 0.1) is 11.5 Å². The van der Waals surface area contributed by atoms with Crippen molar-refractivity contribution in [3.8, 4) is 0 Å². The summed E-state index contributed by atoms with van der Waals surface area (Å²) in [5.74, 6) is 0. The Morgan fingerprint density at radius 1 is 1.40 bits per heavy atom. The fourth-order valence-electron chi connectivity index (χ4n) is 2.53. The van der Waals surface area contributed by atoms with Crippen molar-refractivity contribution < 1.29 is 10.0 Å². The van der Waals surface area contributed by atoms with Crippen molar-refractivity contribution in [1.82, 2.24) is 4.90 Å². The highest BCUT2D eigenvalue weighted by Crippen LogP contribution is 2.32. The second kappa shape index (κ2) is 5.38. The zero-order valence-corrected chi connectivity index (χ0v) is 12.2. The van der Waals surface area contributed by atoms with Crippen molar-refractivity contribution in [2.45, 2.75) is 26.0 Å². The van der Waals surface area contributed by atoms with Crippen molar-refractivity contribution >= 4 is 11.4 Å². The summed E-state index contributed by atoms with van der Waals surface area (Å²) in [4.78, 5) is 15.2. The molecule has 2 rings (SSSR count). The highest BCUT2D eigenvalue weighted by molar-refractivity contribution is 5.64. The lowest BCUT2D eigenvalue weighted by Gasteiger charge is -2.46. The maximum atomic E-state index is 11.2. The van der Waals surface area contributed by atoms with Crippen LogP contribution in [0, 0.1) is 10.1 Å². The predicted octanol–water partition coefficient (Wildman–Crippen LogP) is 1.62. The largest absolute Gasteiger partial charge is 0.392 e. The number of benzene rings is 1. The van der Waals surface area contributed by atoms with E-state index in [4.69, 9.17) is 5.11 Å². The van der Waals surface area contributed by atoms with E-state index in [1.807, 2.05) is 0 Å². The third-order valence-electron chi connectivity index (χ3n) is 4.08. The molecule has 0 amide bonds. The van der Waals surface area contributed by atoms with Crippen LogP contribution >= 0.6 is 0 Å². The molecule has 1 heterocycles. The van der Waals surface area contributed by atoms with E-state index in [0.717, 1.165) is 19.6 Å². The summed E-state index contributed by atoms with van der Waals surface area (Å²) in [6.45, 7) is 6.45. The van der Waals surface area contributed by atoms with Gasteiger partial charge in [-0.25, -0.2) is 0 Å². The predicted molar refractivity (Wildman–Crippen MR) is 77.9 cm³/mol. The summed E-state index contributed by atoms with van der Waals surface area (Å²) in [5, 5.41) is 20.4. The van der Waals surface area contributed by atoms with Gasteiger partial charge in [-0.1, -0.05) is 6.07 Å². The molecule has 1 saturated heterocycles. The first-order valence-electron chi connectivity index (χ1n) is 6.69. The first-order valence-corrected chi connectivity index (χ1v) is 6.69. The van der Waals surface area contributed by atoms with Crippen LogP contribution in [-0.4, -0.2) is 47.2 Å². The summed E-state index contributed by atoms with van der Waals surface area (Å²) in [6.07, 6.45) is 0. The first-order chi connectivity index (χ1) is 9.35. The molecule has 6 heteroatoms. The average molecular weight is 279 g/mol. The molecule has 1 aromatic carbocycles. The molecule has 0 aliphatic carbocycles. The second-order valence-corrected chi connectivity index (χ2v) is 5.89. The summed E-state index contributed by atoms with van der Waals surface area (Å²) in [7, 11) is 2.07. The Balaban J connectivity index is 2.35. The lowest BCUT2D eigenvalue weighted by molar-refractivity contribution is -0.384. The van der Waals surface area contributed by atoms with Gasteiger partial charge >= 0.3 is 0 Å². The SMILES string of the molecule is CN1CCN(c2ccc(CO)cc2[N+](=O)[O-])CC1(C)C. The van der Waals surface area contributed by atoms with Crippen LogP contribution in [0.4, 0.5) is 11.4 Å². The molecule has 0 spiro atoms. The molecule has 1 aliphatic heterocycles. The normalized spacial score (nSPS) is 19.1. The molecule has 1 aromatic rings. The van der Waals surface area contributed by atoms with E-state index in [0.29, 0.717) is 11.3 Å². The number of nitro benzene ring substituents is 1. The number of piperazine rings is 1. The molecule has 0 atom stereocenters. The molecular formula is C14H21N3O3. The number of aliphatic hydroxyl groups excluding tert-OH is 1. The van der Waals surface area contributed by atoms with E-state index in [9.17, 15) is 10.1 Å². The molecule has 0 aromatic heterocycles. The number of aliphatic hydroxyl groups is 1. The molecule has 0 bridgehead atoms. The number of nitro groups is 1. The fraction of sp³-hybridized carbons (Fsp3) is 0.571. The smallest absolute Gasteiger partial charge is 0.292 e. The number of hydrogen-bond donors (Lipinski definition) is 1. The van der Waals surface area contributed by atoms with Crippen molar-refractivity contribution in [3.05, 3.63) is 33.9 Å². The number of likely N-dealkylation sites (N-methyl/N-ethyl adjacent to an activating group) is 1. The zero-order valence-electron chi connectivity index (χ0n) is 12.2. The maximum Gasteiger partial charge on any atom is 0.292 e. The summed E-state index contributed by atoms with van der Waals surface area (Å²) >= 11 is 0. The van der Waals surface area contributed by atoms with Crippen LogP contribution in [0.2, 0.25) is 0 Å². The third-order valence-corrected chi connectivity index (χ3v) is 4.08. The minimum absolute atomic E-state index is 0.0260. The maximum absolute atomic E-state index is 11.2. The Morgan fingerprint density at radius 2 is 2.10 bits per heavy atom. The van der Waals surface area contributed by atoms with Crippen LogP contribution in [0.15, 0.2) is 18.2 Å². The molecule has 20 heavy (non-hydrogen) atoms. The average Bonchev–Trinajstić information content (AvgIpc) is 2.41. The Bertz CT molecular complexity index is 516. The van der Waals surface area contributed by atoms with Gasteiger partial charge in [0.2, 0.25) is 0 Å². The van der Waals surface area contributed by atoms with E-state index in [2.05, 4.69) is 30.7 Å². The van der Waals surface area contributed by atoms with Crippen LogP contribution in [0.25, 0.3) is 0 Å². The Kier molecular flexibility index (Phi) is 3.96. The summed E-state index contributed by atoms with van der Waals surface area (Å²) in [5.41, 5.74) is 1.24. The van der Waals surface area contributed by atoms with Crippen molar-refractivity contribution in [3.63, 3.8) is 0 Å². The highest BCUT2D eigenvalue weighted by Gasteiger charge is 2.33. The molecule has 6 nitrogen and oxygen atoms in total. The van der Waals surface area contributed by atoms with Crippen molar-refractivity contribution in [2.75, 3.05) is 31.6 Å². The molecule has 1 fully saturated rings. The fourth-order valence-corrected chi connectivity index (χ4v) is 2.53. The third kappa shape index (κ3) is 2.76. The van der Waals surface area contributed by atoms with Crippen LogP contribution in [0.5, 0.6) is 0 Å². The lowest BCUT2D eigenvalue weighted by Crippen LogP contribution is -2.57. The molecule has 1 N–H and O–H groups in total. The van der Waals surface area contributed by atoms with E-state index in [1.54, 1.807) is 12.1 Å². The molecule has 0 unspecified atom stereocenters. The molecular weight excluding hydrogens is 258 g/mol. The van der Waals surface area contributed by atoms with Gasteiger partial charge in [0.1, 0.15) is 5.69 Å². The van der Waals surface area contributed by atoms with E-state index >= 15 is 0 Å². The summed E-state index contributed by atoms with van der Waals surface area (Å²) < 4.78 is 0. The second-order valence-electron chi connectivity index (χ2n) is 5.89. The van der Waals surface area contributed by atoms with Crippen LogP contribution in [0.3, 0.4) is 0 Å². The monoisotopic (exact) mass is 279 g/mol. The van der Waals surface area contributed by atoms with Crippen LogP contribution in [-0.2, 0) is 6.61 Å². The molecule has 1 aliphatic rings. The van der Waals surface area contributed by atoms with Gasteiger partial charge in [0.15, 0.2) is 0 Å². The number of rotatable bonds is 3. The van der Waals surface area contributed by atoms with Crippen LogP contribution in [0.1, 0.15) is 19.4 Å². The lowest BCUT2D eigenvalue weighted by atomic mass is 9.99. The molecule has 110 valence electrons. The Hall–Kier alpha value is -1.66. The van der Waals surface area contributed by atoms with Gasteiger partial charge in [0, 0.05) is 31.2 Å². The van der Waals surface area contributed by atoms with Gasteiger partial charge < -0.3 is 10.0 Å². The van der Waals surface area contributed by atoms with Crippen molar-refractivity contribution in [1.29, 1.82) is 0 Å². The molecule has 0 radical (unpaired) electrons. The topological polar surface area (TPSA) is 69.8 Å². The van der Waals surface area contributed by atoms with Gasteiger partial charge in [-0.3, -0.25) is 15.0 Å². The quantitative estimate of drug-likeness (QED) is 0.672. The van der Waals surface area contributed by atoms with Gasteiger partial charge in [-0.15, -0.1) is 0 Å². The minimum Gasteiger partial charge on any atom is -0.392 e. The van der Waals surface area contributed by atoms with E-state index in [1.165, 1.54) is 6.07 Å². The minimum atomic E-state index is -0.375. The van der Waals surface area contributed by atoms with Gasteiger partial charge in [-0.2, -0.15) is 0 Å². The van der Waals surface area contributed by atoms with Gasteiger partial charge in [0.25, 0.3) is 5.69 Å². The number of anilines is 1. The first kappa shape index (κ1) is 14.7. The van der Waals surface area contributed by atoms with Gasteiger partial charge in [-0.05, 0) is 32.5 Å². The standard InChI is InChI=1S/C14H21N3O3/c1-14(2)10-16(7-6-15(14)3)12-5-4-11(9-18)8-13(12)17(19)20/h4-5,8,18H,6-7,9-10H2,1-3H3.